The largest absolute Gasteiger partial charge is 0.383 e. The predicted octanol–water partition coefficient (Wildman–Crippen LogP) is 2.64. The third kappa shape index (κ3) is 7.18. The van der Waals surface area contributed by atoms with Gasteiger partial charge in [0.25, 0.3) is 5.91 Å². The second kappa shape index (κ2) is 12.0. The Bertz CT molecular complexity index is 1130. The average Bonchev–Trinajstić information content (AvgIpc) is 3.57. The van der Waals surface area contributed by atoms with Gasteiger partial charge in [0.1, 0.15) is 11.6 Å². The molecule has 198 valence electrons. The van der Waals surface area contributed by atoms with Crippen LogP contribution in [0.25, 0.3) is 0 Å². The number of carbonyl (C=O) groups excluding carboxylic acids is 1. The van der Waals surface area contributed by atoms with Gasteiger partial charge in [-0.1, -0.05) is 37.3 Å². The van der Waals surface area contributed by atoms with E-state index in [1.807, 2.05) is 30.3 Å². The Hall–Kier alpha value is -2.69. The molecule has 1 aliphatic carbocycles. The van der Waals surface area contributed by atoms with Crippen molar-refractivity contribution in [3.05, 3.63) is 53.6 Å². The van der Waals surface area contributed by atoms with Crippen LogP contribution in [-0.4, -0.2) is 64.0 Å². The summed E-state index contributed by atoms with van der Waals surface area (Å²) in [7, 11) is -0.600. The summed E-state index contributed by atoms with van der Waals surface area (Å²) in [5, 5.41) is 5.69. The van der Waals surface area contributed by atoms with E-state index in [0.717, 1.165) is 16.3 Å². The van der Waals surface area contributed by atoms with E-state index >= 15 is 0 Å². The van der Waals surface area contributed by atoms with Gasteiger partial charge in [-0.15, -0.1) is 0 Å². The number of nitrogens with zero attached hydrogens (tertiary/aromatic N) is 2. The lowest BCUT2D eigenvalue weighted by Crippen LogP contribution is -2.51. The Kier molecular flexibility index (Phi) is 9.32. The molecule has 2 aromatic rings. The Morgan fingerprint density at radius 2 is 1.92 bits per heavy atom. The van der Waals surface area contributed by atoms with Crippen LogP contribution in [0, 0.1) is 11.8 Å². The van der Waals surface area contributed by atoms with Crippen molar-refractivity contribution >= 4 is 27.6 Å². The number of nitrogens with two attached hydrogens (primary N) is 1. The molecule has 9 nitrogen and oxygen atoms in total. The quantitative estimate of drug-likeness (QED) is 0.373. The molecule has 1 heterocycles. The van der Waals surface area contributed by atoms with Gasteiger partial charge in [0, 0.05) is 32.3 Å². The Balaban J connectivity index is 1.89. The second-order valence-electron chi connectivity index (χ2n) is 9.90. The van der Waals surface area contributed by atoms with E-state index in [0.29, 0.717) is 36.2 Å². The first-order valence-corrected chi connectivity index (χ1v) is 13.9. The number of nitrogens with one attached hydrogen (secondary N) is 2. The van der Waals surface area contributed by atoms with Crippen LogP contribution in [0.15, 0.2) is 42.5 Å². The smallest absolute Gasteiger partial charge is 0.251 e. The zero-order valence-corrected chi connectivity index (χ0v) is 22.6. The number of benzene rings is 1. The van der Waals surface area contributed by atoms with Crippen LogP contribution in [0.2, 0.25) is 0 Å². The number of amides is 1. The van der Waals surface area contributed by atoms with Gasteiger partial charge in [0.05, 0.1) is 17.9 Å². The molecule has 0 bridgehead atoms. The summed E-state index contributed by atoms with van der Waals surface area (Å²) in [6, 6.07) is 12.1. The van der Waals surface area contributed by atoms with E-state index in [-0.39, 0.29) is 18.3 Å². The van der Waals surface area contributed by atoms with Crippen molar-refractivity contribution in [2.24, 2.45) is 17.6 Å². The maximum Gasteiger partial charge on any atom is 0.251 e. The predicted molar refractivity (Wildman–Crippen MR) is 144 cm³/mol. The van der Waals surface area contributed by atoms with Crippen LogP contribution >= 0.6 is 0 Å². The fourth-order valence-electron chi connectivity index (χ4n) is 4.00. The molecule has 1 saturated carbocycles. The number of sulfonamides is 1. The summed E-state index contributed by atoms with van der Waals surface area (Å²) >= 11 is 0. The van der Waals surface area contributed by atoms with Gasteiger partial charge in [0.2, 0.25) is 10.0 Å². The van der Waals surface area contributed by atoms with Crippen molar-refractivity contribution in [2.75, 3.05) is 36.9 Å². The van der Waals surface area contributed by atoms with Gasteiger partial charge >= 0.3 is 0 Å². The number of hydrogen-bond acceptors (Lipinski definition) is 7. The Morgan fingerprint density at radius 1 is 1.25 bits per heavy atom. The number of hydrogen-bond donors (Lipinski definition) is 3. The van der Waals surface area contributed by atoms with Gasteiger partial charge in [-0.25, -0.2) is 13.4 Å². The number of ether oxygens (including phenoxy) is 1. The third-order valence-electron chi connectivity index (χ3n) is 6.69. The van der Waals surface area contributed by atoms with E-state index in [1.165, 1.54) is 13.1 Å². The lowest BCUT2D eigenvalue weighted by molar-refractivity contribution is 0.0913. The molecule has 1 aliphatic rings. The van der Waals surface area contributed by atoms with Crippen LogP contribution in [0.3, 0.4) is 0 Å². The van der Waals surface area contributed by atoms with Gasteiger partial charge in [0.15, 0.2) is 0 Å². The van der Waals surface area contributed by atoms with E-state index < -0.39 is 27.4 Å². The molecule has 0 saturated heterocycles. The number of pyridine rings is 1. The monoisotopic (exact) mass is 517 g/mol. The third-order valence-corrected chi connectivity index (χ3v) is 8.83. The number of methoxy groups -OCH3 is 1. The normalized spacial score (nSPS) is 19.0. The highest BCUT2D eigenvalue weighted by molar-refractivity contribution is 7.93. The van der Waals surface area contributed by atoms with Crippen LogP contribution in [0.1, 0.15) is 43.1 Å². The molecule has 1 aromatic heterocycles. The first-order chi connectivity index (χ1) is 17.0. The zero-order valence-electron chi connectivity index (χ0n) is 21.8. The SMILES string of the molecule is COC[C@H](N)[C@H](Cc1ccccc1)NC(=O)c1cc(NC[C@H]2C[C@@H]2C)nc(N(C)S(=O)(=O)C(C)C)c1. The summed E-state index contributed by atoms with van der Waals surface area (Å²) in [4.78, 5) is 17.9. The Morgan fingerprint density at radius 3 is 2.50 bits per heavy atom. The summed E-state index contributed by atoms with van der Waals surface area (Å²) in [6.07, 6.45) is 1.67. The van der Waals surface area contributed by atoms with Crippen LogP contribution in [0.5, 0.6) is 0 Å². The highest BCUT2D eigenvalue weighted by Gasteiger charge is 2.32. The van der Waals surface area contributed by atoms with E-state index in [2.05, 4.69) is 22.5 Å². The lowest BCUT2D eigenvalue weighted by atomic mass is 9.99. The first-order valence-electron chi connectivity index (χ1n) is 12.4. The van der Waals surface area contributed by atoms with Crippen molar-refractivity contribution in [1.29, 1.82) is 0 Å². The standard InChI is InChI=1S/C26H39N5O4S/c1-17(2)36(33,34)31(4)25-14-20(13-24(30-25)28-15-21-11-18(21)3)26(32)29-23(22(27)16-35-5)12-19-9-7-6-8-10-19/h6-10,13-14,17-18,21-23H,11-12,15-16,27H2,1-5H3,(H,28,30)(H,29,32)/t18-,21+,22-,23-/m0/s1. The molecule has 4 N–H and O–H groups in total. The molecule has 1 fully saturated rings. The maximum absolute atomic E-state index is 13.4. The topological polar surface area (TPSA) is 127 Å². The minimum atomic E-state index is -3.63. The van der Waals surface area contributed by atoms with Crippen molar-refractivity contribution in [3.8, 4) is 0 Å². The molecule has 4 atom stereocenters. The zero-order chi connectivity index (χ0) is 26.5. The molecular formula is C26H39N5O4S. The molecular weight excluding hydrogens is 478 g/mol. The van der Waals surface area contributed by atoms with Gasteiger partial charge in [-0.3, -0.25) is 9.10 Å². The number of rotatable bonds is 13. The first kappa shape index (κ1) is 27.9. The molecule has 1 amide bonds. The molecule has 10 heteroatoms. The second-order valence-corrected chi connectivity index (χ2v) is 12.4. The Labute approximate surface area is 214 Å². The molecule has 36 heavy (non-hydrogen) atoms. The van der Waals surface area contributed by atoms with Gasteiger partial charge in [-0.05, 0) is 56.2 Å². The summed E-state index contributed by atoms with van der Waals surface area (Å²) < 4.78 is 32.0. The van der Waals surface area contributed by atoms with Gasteiger partial charge < -0.3 is 21.1 Å². The molecule has 0 unspecified atom stereocenters. The van der Waals surface area contributed by atoms with E-state index in [1.54, 1.807) is 27.0 Å². The molecule has 0 aliphatic heterocycles. The van der Waals surface area contributed by atoms with Crippen LogP contribution in [-0.2, 0) is 21.2 Å². The summed E-state index contributed by atoms with van der Waals surface area (Å²) in [6.45, 7) is 6.41. The maximum atomic E-state index is 13.4. The highest BCUT2D eigenvalue weighted by Crippen LogP contribution is 2.37. The van der Waals surface area contributed by atoms with Crippen molar-refractivity contribution < 1.29 is 17.9 Å². The fraction of sp³-hybridized carbons (Fsp3) is 0.538. The minimum absolute atomic E-state index is 0.184. The number of carbonyl (C=O) groups is 1. The van der Waals surface area contributed by atoms with Gasteiger partial charge in [-0.2, -0.15) is 0 Å². The van der Waals surface area contributed by atoms with E-state index in [4.69, 9.17) is 10.5 Å². The lowest BCUT2D eigenvalue weighted by Gasteiger charge is -2.26. The number of aromatic nitrogens is 1. The molecule has 0 radical (unpaired) electrons. The van der Waals surface area contributed by atoms with Crippen LogP contribution < -0.4 is 20.7 Å². The van der Waals surface area contributed by atoms with Crippen LogP contribution in [0.4, 0.5) is 11.6 Å². The summed E-state index contributed by atoms with van der Waals surface area (Å²) in [5.41, 5.74) is 7.69. The molecule has 0 spiro atoms. The average molecular weight is 518 g/mol. The molecule has 1 aromatic carbocycles. The van der Waals surface area contributed by atoms with Crippen molar-refractivity contribution in [2.45, 2.75) is 50.9 Å². The number of anilines is 2. The molecule has 3 rings (SSSR count). The fourth-order valence-corrected chi connectivity index (χ4v) is 4.99. The summed E-state index contributed by atoms with van der Waals surface area (Å²) in [5.74, 6) is 1.48. The van der Waals surface area contributed by atoms with Crippen molar-refractivity contribution in [3.63, 3.8) is 0 Å². The highest BCUT2D eigenvalue weighted by atomic mass is 32.2. The minimum Gasteiger partial charge on any atom is -0.383 e. The van der Waals surface area contributed by atoms with Crippen molar-refractivity contribution in [1.82, 2.24) is 10.3 Å². The van der Waals surface area contributed by atoms with E-state index in [9.17, 15) is 13.2 Å².